The normalized spacial score (nSPS) is 10.7. The molecule has 0 aliphatic rings. The Labute approximate surface area is 109 Å². The number of benzene rings is 1. The van der Waals surface area contributed by atoms with E-state index in [0.29, 0.717) is 19.6 Å². The Morgan fingerprint density at radius 1 is 1.33 bits per heavy atom. The SMILES string of the molecule is COCCC(=O)N(c1ccc(CN)cc1)C(C)C. The summed E-state index contributed by atoms with van der Waals surface area (Å²) in [5.41, 5.74) is 7.53. The number of rotatable bonds is 6. The Hall–Kier alpha value is -1.39. The van der Waals surface area contributed by atoms with Crippen LogP contribution >= 0.6 is 0 Å². The van der Waals surface area contributed by atoms with Gasteiger partial charge in [0.2, 0.25) is 5.91 Å². The van der Waals surface area contributed by atoms with Gasteiger partial charge in [0.05, 0.1) is 13.0 Å². The van der Waals surface area contributed by atoms with E-state index in [4.69, 9.17) is 10.5 Å². The van der Waals surface area contributed by atoms with Crippen LogP contribution in [0.5, 0.6) is 0 Å². The van der Waals surface area contributed by atoms with E-state index in [0.717, 1.165) is 11.3 Å². The van der Waals surface area contributed by atoms with E-state index in [2.05, 4.69) is 0 Å². The van der Waals surface area contributed by atoms with Crippen LogP contribution in [0.15, 0.2) is 24.3 Å². The second-order valence-corrected chi connectivity index (χ2v) is 4.47. The molecule has 0 fully saturated rings. The number of hydrogen-bond donors (Lipinski definition) is 1. The molecule has 0 atom stereocenters. The van der Waals surface area contributed by atoms with Crippen LogP contribution in [-0.4, -0.2) is 25.7 Å². The van der Waals surface area contributed by atoms with E-state index in [9.17, 15) is 4.79 Å². The van der Waals surface area contributed by atoms with E-state index in [-0.39, 0.29) is 11.9 Å². The van der Waals surface area contributed by atoms with Crippen molar-refractivity contribution in [2.45, 2.75) is 32.9 Å². The van der Waals surface area contributed by atoms with Gasteiger partial charge >= 0.3 is 0 Å². The number of carbonyl (C=O) groups is 1. The second-order valence-electron chi connectivity index (χ2n) is 4.47. The molecular formula is C14H22N2O2. The summed E-state index contributed by atoms with van der Waals surface area (Å²) in [5.74, 6) is 0.0762. The standard InChI is InChI=1S/C14H22N2O2/c1-11(2)16(14(17)8-9-18-3)13-6-4-12(10-15)5-7-13/h4-7,11H,8-10,15H2,1-3H3. The summed E-state index contributed by atoms with van der Waals surface area (Å²) in [7, 11) is 1.60. The first-order valence-electron chi connectivity index (χ1n) is 6.20. The van der Waals surface area contributed by atoms with E-state index in [1.54, 1.807) is 12.0 Å². The van der Waals surface area contributed by atoms with Crippen LogP contribution in [0.3, 0.4) is 0 Å². The van der Waals surface area contributed by atoms with Crippen molar-refractivity contribution in [2.24, 2.45) is 5.73 Å². The average molecular weight is 250 g/mol. The molecule has 0 aliphatic heterocycles. The zero-order chi connectivity index (χ0) is 13.5. The second kappa shape index (κ2) is 7.13. The Morgan fingerprint density at radius 2 is 1.94 bits per heavy atom. The molecule has 18 heavy (non-hydrogen) atoms. The lowest BCUT2D eigenvalue weighted by molar-refractivity contribution is -0.119. The Kier molecular flexibility index (Phi) is 5.82. The Balaban J connectivity index is 2.86. The summed E-state index contributed by atoms with van der Waals surface area (Å²) < 4.78 is 4.95. The highest BCUT2D eigenvalue weighted by Gasteiger charge is 2.18. The number of carbonyl (C=O) groups excluding carboxylic acids is 1. The monoisotopic (exact) mass is 250 g/mol. The number of amides is 1. The fourth-order valence-corrected chi connectivity index (χ4v) is 1.83. The van der Waals surface area contributed by atoms with Crippen LogP contribution in [0.1, 0.15) is 25.8 Å². The third kappa shape index (κ3) is 3.82. The number of methoxy groups -OCH3 is 1. The van der Waals surface area contributed by atoms with Gasteiger partial charge in [-0.05, 0) is 31.5 Å². The third-order valence-corrected chi connectivity index (χ3v) is 2.76. The molecule has 0 heterocycles. The maximum atomic E-state index is 12.1. The van der Waals surface area contributed by atoms with Crippen molar-refractivity contribution < 1.29 is 9.53 Å². The van der Waals surface area contributed by atoms with Gasteiger partial charge in [-0.25, -0.2) is 0 Å². The minimum Gasteiger partial charge on any atom is -0.384 e. The van der Waals surface area contributed by atoms with Crippen LogP contribution in [0, 0.1) is 0 Å². The molecular weight excluding hydrogens is 228 g/mol. The number of nitrogens with two attached hydrogens (primary N) is 1. The van der Waals surface area contributed by atoms with Crippen LogP contribution in [-0.2, 0) is 16.1 Å². The fourth-order valence-electron chi connectivity index (χ4n) is 1.83. The number of anilines is 1. The van der Waals surface area contributed by atoms with Crippen LogP contribution in [0.2, 0.25) is 0 Å². The minimum absolute atomic E-state index is 0.0762. The number of nitrogens with zero attached hydrogens (tertiary/aromatic N) is 1. The molecule has 0 saturated heterocycles. The summed E-state index contributed by atoms with van der Waals surface area (Å²) in [6.07, 6.45) is 0.396. The summed E-state index contributed by atoms with van der Waals surface area (Å²) in [5, 5.41) is 0. The lowest BCUT2D eigenvalue weighted by atomic mass is 10.1. The molecule has 4 heteroatoms. The summed E-state index contributed by atoms with van der Waals surface area (Å²) >= 11 is 0. The Bertz CT molecular complexity index is 374. The molecule has 1 aromatic carbocycles. The first kappa shape index (κ1) is 14.7. The van der Waals surface area contributed by atoms with Crippen molar-refractivity contribution in [1.82, 2.24) is 0 Å². The molecule has 1 aromatic rings. The van der Waals surface area contributed by atoms with Crippen LogP contribution in [0.25, 0.3) is 0 Å². The van der Waals surface area contributed by atoms with Crippen LogP contribution < -0.4 is 10.6 Å². The summed E-state index contributed by atoms with van der Waals surface area (Å²) in [6, 6.07) is 7.90. The van der Waals surface area contributed by atoms with Gasteiger partial charge in [-0.1, -0.05) is 12.1 Å². The van der Waals surface area contributed by atoms with Gasteiger partial charge in [0, 0.05) is 25.4 Å². The van der Waals surface area contributed by atoms with Gasteiger partial charge in [-0.2, -0.15) is 0 Å². The van der Waals surface area contributed by atoms with E-state index in [1.807, 2.05) is 38.1 Å². The van der Waals surface area contributed by atoms with Gasteiger partial charge < -0.3 is 15.4 Å². The maximum Gasteiger partial charge on any atom is 0.229 e. The molecule has 1 amide bonds. The summed E-state index contributed by atoms with van der Waals surface area (Å²) in [6.45, 7) is 4.96. The topological polar surface area (TPSA) is 55.6 Å². The van der Waals surface area contributed by atoms with E-state index < -0.39 is 0 Å². The van der Waals surface area contributed by atoms with Gasteiger partial charge in [0.25, 0.3) is 0 Å². The van der Waals surface area contributed by atoms with Crippen molar-refractivity contribution in [3.63, 3.8) is 0 Å². The molecule has 2 N–H and O–H groups in total. The lowest BCUT2D eigenvalue weighted by Gasteiger charge is -2.27. The van der Waals surface area contributed by atoms with E-state index in [1.165, 1.54) is 0 Å². The molecule has 0 radical (unpaired) electrons. The minimum atomic E-state index is 0.0762. The molecule has 0 unspecified atom stereocenters. The van der Waals surface area contributed by atoms with Crippen molar-refractivity contribution >= 4 is 11.6 Å². The lowest BCUT2D eigenvalue weighted by Crippen LogP contribution is -2.37. The first-order chi connectivity index (χ1) is 8.60. The van der Waals surface area contributed by atoms with Gasteiger partial charge in [0.15, 0.2) is 0 Å². The van der Waals surface area contributed by atoms with Crippen LogP contribution in [0.4, 0.5) is 5.69 Å². The smallest absolute Gasteiger partial charge is 0.229 e. The van der Waals surface area contributed by atoms with Crippen molar-refractivity contribution in [3.05, 3.63) is 29.8 Å². The predicted octanol–water partition coefficient (Wildman–Crippen LogP) is 1.92. The first-order valence-corrected chi connectivity index (χ1v) is 6.20. The number of ether oxygens (including phenoxy) is 1. The molecule has 0 aromatic heterocycles. The van der Waals surface area contributed by atoms with Crippen molar-refractivity contribution in [2.75, 3.05) is 18.6 Å². The summed E-state index contributed by atoms with van der Waals surface area (Å²) in [4.78, 5) is 13.9. The maximum absolute atomic E-state index is 12.1. The number of hydrogen-bond acceptors (Lipinski definition) is 3. The molecule has 4 nitrogen and oxygen atoms in total. The zero-order valence-corrected chi connectivity index (χ0v) is 11.3. The molecule has 1 rings (SSSR count). The quantitative estimate of drug-likeness (QED) is 0.839. The van der Waals surface area contributed by atoms with E-state index >= 15 is 0 Å². The molecule has 100 valence electrons. The van der Waals surface area contributed by atoms with Gasteiger partial charge in [-0.15, -0.1) is 0 Å². The highest BCUT2D eigenvalue weighted by atomic mass is 16.5. The molecule has 0 spiro atoms. The van der Waals surface area contributed by atoms with Gasteiger partial charge in [-0.3, -0.25) is 4.79 Å². The van der Waals surface area contributed by atoms with Crippen molar-refractivity contribution in [3.8, 4) is 0 Å². The highest BCUT2D eigenvalue weighted by molar-refractivity contribution is 5.93. The third-order valence-electron chi connectivity index (χ3n) is 2.76. The van der Waals surface area contributed by atoms with Gasteiger partial charge in [0.1, 0.15) is 0 Å². The largest absolute Gasteiger partial charge is 0.384 e. The zero-order valence-electron chi connectivity index (χ0n) is 11.3. The van der Waals surface area contributed by atoms with Crippen molar-refractivity contribution in [1.29, 1.82) is 0 Å². The highest BCUT2D eigenvalue weighted by Crippen LogP contribution is 2.19. The molecule has 0 aliphatic carbocycles. The molecule has 0 bridgehead atoms. The Morgan fingerprint density at radius 3 is 2.39 bits per heavy atom. The fraction of sp³-hybridized carbons (Fsp3) is 0.500. The molecule has 0 saturated carbocycles. The average Bonchev–Trinajstić information content (AvgIpc) is 2.37. The predicted molar refractivity (Wildman–Crippen MR) is 73.4 cm³/mol.